The maximum absolute atomic E-state index is 11.6. The van der Waals surface area contributed by atoms with E-state index in [9.17, 15) is 14.7 Å². The minimum Gasteiger partial charge on any atom is -0.481 e. The number of hydrogen-bond acceptors (Lipinski definition) is 4. The summed E-state index contributed by atoms with van der Waals surface area (Å²) >= 11 is 0. The molecule has 0 radical (unpaired) electrons. The molecule has 1 aliphatic rings. The maximum atomic E-state index is 11.6. The van der Waals surface area contributed by atoms with Gasteiger partial charge in [0, 0.05) is 0 Å². The van der Waals surface area contributed by atoms with Crippen LogP contribution in [-0.4, -0.2) is 40.0 Å². The first kappa shape index (κ1) is 15.8. The van der Waals surface area contributed by atoms with Crippen LogP contribution in [0.15, 0.2) is 0 Å². The van der Waals surface area contributed by atoms with E-state index in [1.807, 2.05) is 0 Å². The second kappa shape index (κ2) is 5.36. The van der Waals surface area contributed by atoms with Crippen molar-refractivity contribution in [1.29, 1.82) is 0 Å². The van der Waals surface area contributed by atoms with E-state index in [1.54, 1.807) is 27.7 Å². The Kier molecular flexibility index (Phi) is 4.45. The first-order valence-corrected chi connectivity index (χ1v) is 6.44. The van der Waals surface area contributed by atoms with E-state index >= 15 is 0 Å². The van der Waals surface area contributed by atoms with Crippen LogP contribution in [0.25, 0.3) is 0 Å². The Labute approximate surface area is 113 Å². The first-order valence-electron chi connectivity index (χ1n) is 6.44. The summed E-state index contributed by atoms with van der Waals surface area (Å²) in [5.41, 5.74) is -1.52. The second-order valence-corrected chi connectivity index (χ2v) is 6.43. The monoisotopic (exact) mass is 273 g/mol. The summed E-state index contributed by atoms with van der Waals surface area (Å²) in [5.74, 6) is -0.915. The zero-order valence-corrected chi connectivity index (χ0v) is 11.9. The molecular formula is C13H23NO5. The number of aliphatic hydroxyl groups excluding tert-OH is 1. The summed E-state index contributed by atoms with van der Waals surface area (Å²) < 4.78 is 5.11. The third-order valence-corrected chi connectivity index (χ3v) is 3.35. The van der Waals surface area contributed by atoms with Gasteiger partial charge in [0.2, 0.25) is 0 Å². The lowest BCUT2D eigenvalue weighted by molar-refractivity contribution is -0.152. The van der Waals surface area contributed by atoms with Crippen LogP contribution < -0.4 is 5.32 Å². The Morgan fingerprint density at radius 1 is 1.37 bits per heavy atom. The summed E-state index contributed by atoms with van der Waals surface area (Å²) in [4.78, 5) is 22.7. The fraction of sp³-hybridized carbons (Fsp3) is 0.846. The molecule has 1 saturated carbocycles. The highest BCUT2D eigenvalue weighted by molar-refractivity contribution is 5.74. The highest BCUT2D eigenvalue weighted by Gasteiger charge is 2.42. The van der Waals surface area contributed by atoms with Crippen LogP contribution in [0.4, 0.5) is 4.79 Å². The van der Waals surface area contributed by atoms with Crippen molar-refractivity contribution in [3.05, 3.63) is 0 Å². The summed E-state index contributed by atoms with van der Waals surface area (Å²) in [5, 5.41) is 21.7. The number of ether oxygens (including phenoxy) is 1. The normalized spacial score (nSPS) is 31.6. The Morgan fingerprint density at radius 2 is 1.95 bits per heavy atom. The lowest BCUT2D eigenvalue weighted by atomic mass is 9.72. The van der Waals surface area contributed by atoms with Gasteiger partial charge in [0.25, 0.3) is 0 Å². The molecule has 0 bridgehead atoms. The number of aliphatic hydroxyl groups is 1. The zero-order chi connectivity index (χ0) is 14.8. The van der Waals surface area contributed by atoms with Crippen molar-refractivity contribution in [1.82, 2.24) is 5.32 Å². The second-order valence-electron chi connectivity index (χ2n) is 6.43. The summed E-state index contributed by atoms with van der Waals surface area (Å²) in [6.07, 6.45) is -0.496. The van der Waals surface area contributed by atoms with E-state index in [1.165, 1.54) is 0 Å². The molecular weight excluding hydrogens is 250 g/mol. The molecule has 0 aliphatic heterocycles. The van der Waals surface area contributed by atoms with Crippen molar-refractivity contribution in [2.24, 2.45) is 5.41 Å². The molecule has 1 fully saturated rings. The lowest BCUT2D eigenvalue weighted by Gasteiger charge is -2.38. The van der Waals surface area contributed by atoms with Gasteiger partial charge in [0.15, 0.2) is 0 Å². The van der Waals surface area contributed by atoms with Gasteiger partial charge in [-0.15, -0.1) is 0 Å². The predicted molar refractivity (Wildman–Crippen MR) is 68.8 cm³/mol. The lowest BCUT2D eigenvalue weighted by Crippen LogP contribution is -2.51. The minimum atomic E-state index is -0.925. The van der Waals surface area contributed by atoms with E-state index in [4.69, 9.17) is 9.84 Å². The van der Waals surface area contributed by atoms with Crippen molar-refractivity contribution < 1.29 is 24.5 Å². The van der Waals surface area contributed by atoms with Crippen LogP contribution in [0.5, 0.6) is 0 Å². The Balaban J connectivity index is 2.55. The Morgan fingerprint density at radius 3 is 2.37 bits per heavy atom. The molecule has 0 unspecified atom stereocenters. The number of carbonyl (C=O) groups is 2. The molecule has 1 rings (SSSR count). The molecule has 0 aromatic heterocycles. The number of carbonyl (C=O) groups excluding carboxylic acids is 1. The van der Waals surface area contributed by atoms with Gasteiger partial charge in [-0.05, 0) is 47.0 Å². The number of rotatable bonds is 2. The smallest absolute Gasteiger partial charge is 0.407 e. The van der Waals surface area contributed by atoms with Crippen molar-refractivity contribution in [2.45, 2.75) is 64.7 Å². The van der Waals surface area contributed by atoms with Gasteiger partial charge < -0.3 is 20.3 Å². The molecule has 19 heavy (non-hydrogen) atoms. The van der Waals surface area contributed by atoms with Gasteiger partial charge >= 0.3 is 12.1 Å². The maximum Gasteiger partial charge on any atom is 0.407 e. The Hall–Kier alpha value is -1.30. The quantitative estimate of drug-likeness (QED) is 0.709. The molecule has 6 heteroatoms. The number of alkyl carbamates (subject to hydrolysis) is 1. The number of aliphatic carboxylic acids is 1. The van der Waals surface area contributed by atoms with Gasteiger partial charge in [-0.3, -0.25) is 4.79 Å². The van der Waals surface area contributed by atoms with Gasteiger partial charge in [-0.25, -0.2) is 4.79 Å². The number of amides is 1. The highest BCUT2D eigenvalue weighted by Crippen LogP contribution is 2.36. The number of carboxylic acids is 1. The summed E-state index contributed by atoms with van der Waals surface area (Å²) in [7, 11) is 0. The van der Waals surface area contributed by atoms with Crippen molar-refractivity contribution in [3.8, 4) is 0 Å². The van der Waals surface area contributed by atoms with E-state index in [0.29, 0.717) is 12.8 Å². The van der Waals surface area contributed by atoms with Gasteiger partial charge in [-0.2, -0.15) is 0 Å². The van der Waals surface area contributed by atoms with Crippen molar-refractivity contribution >= 4 is 12.1 Å². The highest BCUT2D eigenvalue weighted by atomic mass is 16.6. The molecule has 6 nitrogen and oxygen atoms in total. The SMILES string of the molecule is CC(C)(C)OC(=O)N[C@H]1CC[C@@](C)(C(=O)O)C[C@@H]1O. The molecule has 0 spiro atoms. The number of carboxylic acid groups (broad SMARTS) is 1. The average Bonchev–Trinajstić information content (AvgIpc) is 2.19. The zero-order valence-electron chi connectivity index (χ0n) is 11.9. The van der Waals surface area contributed by atoms with Crippen LogP contribution in [0.3, 0.4) is 0 Å². The van der Waals surface area contributed by atoms with E-state index in [0.717, 1.165) is 0 Å². The number of hydrogen-bond donors (Lipinski definition) is 3. The standard InChI is InChI=1S/C13H23NO5/c1-12(2,3)19-11(18)14-8-5-6-13(4,10(16)17)7-9(8)15/h8-9,15H,5-7H2,1-4H3,(H,14,18)(H,16,17)/t8-,9-,13+/m0/s1. The van der Waals surface area contributed by atoms with Crippen LogP contribution >= 0.6 is 0 Å². The predicted octanol–water partition coefficient (Wildman–Crippen LogP) is 1.52. The molecule has 0 saturated heterocycles. The molecule has 0 aromatic rings. The molecule has 0 heterocycles. The van der Waals surface area contributed by atoms with Gasteiger partial charge in [0.05, 0.1) is 17.6 Å². The topological polar surface area (TPSA) is 95.9 Å². The van der Waals surface area contributed by atoms with Crippen LogP contribution in [0, 0.1) is 5.41 Å². The molecule has 0 aromatic carbocycles. The first-order chi connectivity index (χ1) is 8.53. The molecule has 110 valence electrons. The molecule has 3 atom stereocenters. The summed E-state index contributed by atoms with van der Waals surface area (Å²) in [6.45, 7) is 6.88. The van der Waals surface area contributed by atoms with Gasteiger partial charge in [0.1, 0.15) is 5.60 Å². The Bertz CT molecular complexity index is 363. The summed E-state index contributed by atoms with van der Waals surface area (Å²) in [6, 6.07) is -0.456. The third-order valence-electron chi connectivity index (χ3n) is 3.35. The van der Waals surface area contributed by atoms with E-state index in [2.05, 4.69) is 5.32 Å². The van der Waals surface area contributed by atoms with Gasteiger partial charge in [-0.1, -0.05) is 0 Å². The largest absolute Gasteiger partial charge is 0.481 e. The van der Waals surface area contributed by atoms with Crippen LogP contribution in [0.2, 0.25) is 0 Å². The van der Waals surface area contributed by atoms with E-state index < -0.39 is 35.2 Å². The molecule has 1 aliphatic carbocycles. The average molecular weight is 273 g/mol. The number of nitrogens with one attached hydrogen (secondary N) is 1. The fourth-order valence-corrected chi connectivity index (χ4v) is 2.19. The van der Waals surface area contributed by atoms with E-state index in [-0.39, 0.29) is 6.42 Å². The van der Waals surface area contributed by atoms with Crippen LogP contribution in [-0.2, 0) is 9.53 Å². The minimum absolute atomic E-state index is 0.128. The van der Waals surface area contributed by atoms with Crippen molar-refractivity contribution in [3.63, 3.8) is 0 Å². The molecule has 3 N–H and O–H groups in total. The van der Waals surface area contributed by atoms with Crippen molar-refractivity contribution in [2.75, 3.05) is 0 Å². The van der Waals surface area contributed by atoms with Crippen LogP contribution in [0.1, 0.15) is 47.0 Å². The fourth-order valence-electron chi connectivity index (χ4n) is 2.19. The third kappa shape index (κ3) is 4.38. The molecule has 1 amide bonds.